The molecule has 0 N–H and O–H groups in total. The zero-order chi connectivity index (χ0) is 20.6. The number of aryl methyl sites for hydroxylation is 2. The molecule has 1 aliphatic rings. The molecule has 1 aromatic rings. The van der Waals surface area contributed by atoms with Crippen LogP contribution in [0.5, 0.6) is 0 Å². The van der Waals surface area contributed by atoms with Crippen LogP contribution in [0.1, 0.15) is 11.1 Å². The van der Waals surface area contributed by atoms with Gasteiger partial charge in [-0.1, -0.05) is 6.07 Å². The minimum Gasteiger partial charge on any atom is -0.369 e. The Labute approximate surface area is 157 Å². The first-order chi connectivity index (χ1) is 12.2. The summed E-state index contributed by atoms with van der Waals surface area (Å²) in [6, 6.07) is 3.29. The van der Waals surface area contributed by atoms with E-state index >= 15 is 0 Å². The quantitative estimate of drug-likeness (QED) is 0.530. The number of benzene rings is 1. The van der Waals surface area contributed by atoms with Crippen LogP contribution in [-0.2, 0) is 10.0 Å². The first-order valence-corrected chi connectivity index (χ1v) is 10.3. The van der Waals surface area contributed by atoms with Crippen molar-refractivity contribution < 1.29 is 34.8 Å². The average molecular weight is 436 g/mol. The van der Waals surface area contributed by atoms with Crippen molar-refractivity contribution in [2.24, 2.45) is 0 Å². The van der Waals surface area contributed by atoms with Crippen LogP contribution in [0.2, 0.25) is 0 Å². The molecule has 0 amide bonds. The number of rotatable bonds is 4. The molecule has 0 unspecified atom stereocenters. The third-order valence-electron chi connectivity index (χ3n) is 4.10. The summed E-state index contributed by atoms with van der Waals surface area (Å²) in [7, 11) is -5.38. The molecule has 4 nitrogen and oxygen atoms in total. The molecule has 2 rings (SSSR count). The summed E-state index contributed by atoms with van der Waals surface area (Å²) in [6.07, 6.45) is -4.32. The van der Waals surface area contributed by atoms with Crippen LogP contribution >= 0.6 is 11.8 Å². The van der Waals surface area contributed by atoms with E-state index in [0.29, 0.717) is 32.2 Å². The monoisotopic (exact) mass is 436 g/mol. The molecule has 0 atom stereocenters. The number of thioether (sulfide) groups is 1. The van der Waals surface area contributed by atoms with E-state index in [-0.39, 0.29) is 26.2 Å². The smallest absolute Gasteiger partial charge is 0.369 e. The van der Waals surface area contributed by atoms with Gasteiger partial charge >= 0.3 is 21.7 Å². The van der Waals surface area contributed by atoms with Gasteiger partial charge in [-0.15, -0.1) is 11.8 Å². The van der Waals surface area contributed by atoms with E-state index in [1.807, 2.05) is 0 Å². The minimum atomic E-state index is -5.38. The number of nitrogens with zero attached hydrogens (tertiary/aromatic N) is 2. The Balaban J connectivity index is 2.16. The highest BCUT2D eigenvalue weighted by atomic mass is 32.2. The first kappa shape index (κ1) is 22.2. The molecule has 1 heterocycles. The van der Waals surface area contributed by atoms with E-state index in [4.69, 9.17) is 0 Å². The van der Waals surface area contributed by atoms with Crippen LogP contribution < -0.4 is 4.90 Å². The summed E-state index contributed by atoms with van der Waals surface area (Å²) in [6.45, 7) is 2.77. The van der Waals surface area contributed by atoms with Crippen molar-refractivity contribution >= 4 is 27.5 Å². The van der Waals surface area contributed by atoms with Gasteiger partial charge in [0.25, 0.3) is 0 Å². The van der Waals surface area contributed by atoms with Gasteiger partial charge in [0.15, 0.2) is 0 Å². The second kappa shape index (κ2) is 7.70. The lowest BCUT2D eigenvalue weighted by Crippen LogP contribution is -2.52. The van der Waals surface area contributed by atoms with Gasteiger partial charge in [-0.2, -0.15) is 30.6 Å². The van der Waals surface area contributed by atoms with Crippen molar-refractivity contribution in [2.75, 3.05) is 36.8 Å². The molecule has 0 aliphatic carbocycles. The number of anilines is 1. The topological polar surface area (TPSA) is 40.6 Å². The normalized spacial score (nSPS) is 17.4. The molecule has 27 heavy (non-hydrogen) atoms. The van der Waals surface area contributed by atoms with Crippen LogP contribution in [0.25, 0.3) is 0 Å². The van der Waals surface area contributed by atoms with Crippen molar-refractivity contribution in [3.8, 4) is 0 Å². The number of hydrogen-bond donors (Lipinski definition) is 0. The van der Waals surface area contributed by atoms with Crippen LogP contribution in [0.3, 0.4) is 0 Å². The maximum absolute atomic E-state index is 12.6. The van der Waals surface area contributed by atoms with Crippen molar-refractivity contribution in [3.05, 3.63) is 23.3 Å². The molecule has 0 spiro atoms. The van der Waals surface area contributed by atoms with Crippen molar-refractivity contribution in [1.82, 2.24) is 4.31 Å². The standard InChI is InChI=1S/C15H18F6N2O2S2/c1-10-7-11(2)13(26-9-14(16,17)18)8-12(10)22-3-5-23(6-4-22)27(24,25)15(19,20)21/h7-8H,3-6,9H2,1-2H3. The number of sulfonamides is 1. The minimum absolute atomic E-state index is 0.0165. The van der Waals surface area contributed by atoms with Gasteiger partial charge in [-0.05, 0) is 31.0 Å². The van der Waals surface area contributed by atoms with Gasteiger partial charge in [0.05, 0.1) is 5.75 Å². The number of halogens is 6. The third kappa shape index (κ3) is 5.23. The summed E-state index contributed by atoms with van der Waals surface area (Å²) in [4.78, 5) is 2.12. The Morgan fingerprint density at radius 3 is 2.00 bits per heavy atom. The molecule has 1 aliphatic heterocycles. The predicted molar refractivity (Wildman–Crippen MR) is 91.5 cm³/mol. The van der Waals surface area contributed by atoms with Gasteiger partial charge in [0.1, 0.15) is 0 Å². The van der Waals surface area contributed by atoms with Gasteiger partial charge in [0, 0.05) is 36.8 Å². The molecule has 0 saturated carbocycles. The fraction of sp³-hybridized carbons (Fsp3) is 0.600. The van der Waals surface area contributed by atoms with E-state index in [1.54, 1.807) is 30.9 Å². The van der Waals surface area contributed by atoms with Gasteiger partial charge < -0.3 is 4.90 Å². The maximum Gasteiger partial charge on any atom is 0.511 e. The van der Waals surface area contributed by atoms with Gasteiger partial charge in [0.2, 0.25) is 0 Å². The van der Waals surface area contributed by atoms with E-state index in [9.17, 15) is 34.8 Å². The predicted octanol–water partition coefficient (Wildman–Crippen LogP) is 3.93. The van der Waals surface area contributed by atoms with Crippen LogP contribution in [-0.4, -0.2) is 56.3 Å². The highest BCUT2D eigenvalue weighted by Crippen LogP contribution is 2.35. The highest BCUT2D eigenvalue weighted by molar-refractivity contribution is 7.99. The second-order valence-corrected chi connectivity index (χ2v) is 9.09. The summed E-state index contributed by atoms with van der Waals surface area (Å²) >= 11 is 0.642. The molecule has 0 radical (unpaired) electrons. The first-order valence-electron chi connectivity index (χ1n) is 7.84. The zero-order valence-electron chi connectivity index (χ0n) is 14.5. The molecule has 0 bridgehead atoms. The van der Waals surface area contributed by atoms with E-state index in [2.05, 4.69) is 0 Å². The lowest BCUT2D eigenvalue weighted by molar-refractivity contribution is -0.105. The molecular formula is C15H18F6N2O2S2. The second-order valence-electron chi connectivity index (χ2n) is 6.14. The maximum atomic E-state index is 12.6. The molecule has 1 saturated heterocycles. The number of alkyl halides is 6. The highest BCUT2D eigenvalue weighted by Gasteiger charge is 2.50. The summed E-state index contributed by atoms with van der Waals surface area (Å²) < 4.78 is 98.7. The Hall–Kier alpha value is -1.14. The van der Waals surface area contributed by atoms with E-state index in [1.165, 1.54) is 0 Å². The molecule has 1 fully saturated rings. The Bertz CT molecular complexity index is 785. The molecule has 1 aromatic carbocycles. The Kier molecular flexibility index (Phi) is 6.32. The van der Waals surface area contributed by atoms with Crippen LogP contribution in [0.4, 0.5) is 32.0 Å². The van der Waals surface area contributed by atoms with Crippen molar-refractivity contribution in [1.29, 1.82) is 0 Å². The molecule has 12 heteroatoms. The molecule has 154 valence electrons. The van der Waals surface area contributed by atoms with E-state index in [0.717, 1.165) is 5.56 Å². The van der Waals surface area contributed by atoms with Crippen molar-refractivity contribution in [3.63, 3.8) is 0 Å². The lowest BCUT2D eigenvalue weighted by atomic mass is 10.1. The van der Waals surface area contributed by atoms with Gasteiger partial charge in [-0.25, -0.2) is 8.42 Å². The fourth-order valence-electron chi connectivity index (χ4n) is 2.79. The van der Waals surface area contributed by atoms with E-state index < -0.39 is 27.5 Å². The number of hydrogen-bond acceptors (Lipinski definition) is 4. The SMILES string of the molecule is Cc1cc(C)c(N2CCN(S(=O)(=O)C(F)(F)F)CC2)cc1SCC(F)(F)F. The average Bonchev–Trinajstić information content (AvgIpc) is 2.52. The number of piperazine rings is 1. The van der Waals surface area contributed by atoms with Gasteiger partial charge in [-0.3, -0.25) is 0 Å². The fourth-order valence-corrected chi connectivity index (χ4v) is 4.53. The summed E-state index contributed by atoms with van der Waals surface area (Å²) in [5, 5.41) is 0. The Morgan fingerprint density at radius 1 is 0.963 bits per heavy atom. The lowest BCUT2D eigenvalue weighted by Gasteiger charge is -2.36. The molecular weight excluding hydrogens is 418 g/mol. The third-order valence-corrected chi connectivity index (χ3v) is 6.95. The zero-order valence-corrected chi connectivity index (χ0v) is 16.1. The Morgan fingerprint density at radius 2 is 1.52 bits per heavy atom. The summed E-state index contributed by atoms with van der Waals surface area (Å²) in [5.74, 6) is -1.05. The molecule has 0 aromatic heterocycles. The van der Waals surface area contributed by atoms with Crippen LogP contribution in [0, 0.1) is 13.8 Å². The van der Waals surface area contributed by atoms with Crippen molar-refractivity contribution in [2.45, 2.75) is 30.4 Å². The van der Waals surface area contributed by atoms with Crippen LogP contribution in [0.15, 0.2) is 17.0 Å². The summed E-state index contributed by atoms with van der Waals surface area (Å²) in [5.41, 5.74) is -3.33. The largest absolute Gasteiger partial charge is 0.511 e.